The number of allylic oxidation sites excluding steroid dienone is 1. The van der Waals surface area contributed by atoms with Gasteiger partial charge in [-0.15, -0.1) is 16.8 Å². The standard InChI is InChI=1S/C26H38N4O/c1-7-9-20(17-24(31)27-22-14-11-18(2)16-19(22)3)25-29-28-23(30(25)21-12-13-21)10-8-15-26(4,5)6/h7,11,14,16,20-21H,1,8-10,12-13,15,17H2,2-6H3,(H,27,31). The number of hydrogen-bond donors (Lipinski definition) is 1. The summed E-state index contributed by atoms with van der Waals surface area (Å²) in [5.74, 6) is 2.03. The molecule has 1 unspecified atom stereocenters. The minimum atomic E-state index is -0.00674. The Morgan fingerprint density at radius 3 is 2.65 bits per heavy atom. The fourth-order valence-corrected chi connectivity index (χ4v) is 4.15. The lowest BCUT2D eigenvalue weighted by Gasteiger charge is -2.19. The van der Waals surface area contributed by atoms with Gasteiger partial charge in [0, 0.05) is 30.5 Å². The molecule has 0 radical (unpaired) electrons. The molecule has 1 saturated carbocycles. The maximum Gasteiger partial charge on any atom is 0.225 e. The number of aromatic nitrogens is 3. The first-order chi connectivity index (χ1) is 14.7. The fraction of sp³-hybridized carbons (Fsp3) is 0.577. The molecule has 2 aromatic rings. The third-order valence-corrected chi connectivity index (χ3v) is 5.94. The Bertz CT molecular complexity index is 918. The molecule has 168 valence electrons. The number of rotatable bonds is 10. The van der Waals surface area contributed by atoms with Crippen LogP contribution in [0.25, 0.3) is 0 Å². The van der Waals surface area contributed by atoms with Gasteiger partial charge >= 0.3 is 0 Å². The minimum Gasteiger partial charge on any atom is -0.326 e. The summed E-state index contributed by atoms with van der Waals surface area (Å²) in [6, 6.07) is 6.58. The summed E-state index contributed by atoms with van der Waals surface area (Å²) in [7, 11) is 0. The molecule has 0 spiro atoms. The van der Waals surface area contributed by atoms with Crippen LogP contribution in [0.5, 0.6) is 0 Å². The van der Waals surface area contributed by atoms with Gasteiger partial charge in [0.2, 0.25) is 5.91 Å². The molecule has 1 aliphatic carbocycles. The van der Waals surface area contributed by atoms with Crippen LogP contribution in [0.15, 0.2) is 30.9 Å². The van der Waals surface area contributed by atoms with Crippen LogP contribution in [0.1, 0.15) is 94.0 Å². The number of aryl methyl sites for hydroxylation is 3. The second-order valence-corrected chi connectivity index (χ2v) is 10.3. The summed E-state index contributed by atoms with van der Waals surface area (Å²) < 4.78 is 2.33. The number of carbonyl (C=O) groups is 1. The molecule has 3 rings (SSSR count). The number of hydrogen-bond acceptors (Lipinski definition) is 3. The van der Waals surface area contributed by atoms with Gasteiger partial charge in [-0.05, 0) is 63.0 Å². The molecule has 31 heavy (non-hydrogen) atoms. The van der Waals surface area contributed by atoms with Crippen LogP contribution in [0.2, 0.25) is 0 Å². The van der Waals surface area contributed by atoms with E-state index in [2.05, 4.69) is 60.4 Å². The molecular weight excluding hydrogens is 384 g/mol. The van der Waals surface area contributed by atoms with Gasteiger partial charge in [-0.25, -0.2) is 0 Å². The lowest BCUT2D eigenvalue weighted by molar-refractivity contribution is -0.116. The van der Waals surface area contributed by atoms with E-state index < -0.39 is 0 Å². The molecule has 5 nitrogen and oxygen atoms in total. The lowest BCUT2D eigenvalue weighted by atomic mass is 9.90. The number of anilines is 1. The van der Waals surface area contributed by atoms with E-state index in [0.717, 1.165) is 42.2 Å². The Morgan fingerprint density at radius 1 is 1.29 bits per heavy atom. The summed E-state index contributed by atoms with van der Waals surface area (Å²) in [6.07, 6.45) is 8.54. The Kier molecular flexibility index (Phi) is 7.34. The van der Waals surface area contributed by atoms with Gasteiger partial charge < -0.3 is 9.88 Å². The van der Waals surface area contributed by atoms with Crippen molar-refractivity contribution in [3.05, 3.63) is 53.6 Å². The van der Waals surface area contributed by atoms with Crippen molar-refractivity contribution >= 4 is 11.6 Å². The van der Waals surface area contributed by atoms with E-state index in [1.165, 1.54) is 18.4 Å². The van der Waals surface area contributed by atoms with Crippen LogP contribution in [0.4, 0.5) is 5.69 Å². The maximum atomic E-state index is 12.9. The summed E-state index contributed by atoms with van der Waals surface area (Å²) in [4.78, 5) is 12.9. The van der Waals surface area contributed by atoms with Crippen molar-refractivity contribution in [2.75, 3.05) is 5.32 Å². The summed E-state index contributed by atoms with van der Waals surface area (Å²) in [5.41, 5.74) is 3.47. The molecule has 1 N–H and O–H groups in total. The molecule has 1 atom stereocenters. The van der Waals surface area contributed by atoms with Gasteiger partial charge in [0.1, 0.15) is 11.6 Å². The van der Waals surface area contributed by atoms with Crippen molar-refractivity contribution in [2.45, 2.75) is 91.5 Å². The molecule has 0 bridgehead atoms. The molecule has 1 heterocycles. The molecule has 1 fully saturated rings. The first-order valence-electron chi connectivity index (χ1n) is 11.6. The van der Waals surface area contributed by atoms with Crippen LogP contribution in [-0.2, 0) is 11.2 Å². The predicted molar refractivity (Wildman–Crippen MR) is 127 cm³/mol. The smallest absolute Gasteiger partial charge is 0.225 e. The topological polar surface area (TPSA) is 59.8 Å². The molecule has 1 amide bonds. The lowest BCUT2D eigenvalue weighted by Crippen LogP contribution is -2.19. The highest BCUT2D eigenvalue weighted by molar-refractivity contribution is 5.92. The molecule has 0 aliphatic heterocycles. The van der Waals surface area contributed by atoms with Crippen LogP contribution in [0, 0.1) is 19.3 Å². The Labute approximate surface area is 187 Å². The number of carbonyl (C=O) groups excluding carboxylic acids is 1. The summed E-state index contributed by atoms with van der Waals surface area (Å²) in [6.45, 7) is 14.8. The van der Waals surface area contributed by atoms with Crippen molar-refractivity contribution in [1.29, 1.82) is 0 Å². The summed E-state index contributed by atoms with van der Waals surface area (Å²) >= 11 is 0. The van der Waals surface area contributed by atoms with Gasteiger partial charge in [-0.2, -0.15) is 0 Å². The first-order valence-corrected chi connectivity index (χ1v) is 11.6. The van der Waals surface area contributed by atoms with Gasteiger partial charge in [0.25, 0.3) is 0 Å². The van der Waals surface area contributed by atoms with E-state index in [4.69, 9.17) is 0 Å². The number of nitrogens with zero attached hydrogens (tertiary/aromatic N) is 3. The number of benzene rings is 1. The van der Waals surface area contributed by atoms with Crippen molar-refractivity contribution in [3.63, 3.8) is 0 Å². The third kappa shape index (κ3) is 6.52. The number of amides is 1. The zero-order valence-corrected chi connectivity index (χ0v) is 19.9. The van der Waals surface area contributed by atoms with Crippen LogP contribution in [0.3, 0.4) is 0 Å². The van der Waals surface area contributed by atoms with E-state index >= 15 is 0 Å². The second-order valence-electron chi connectivity index (χ2n) is 10.3. The van der Waals surface area contributed by atoms with E-state index in [1.54, 1.807) is 0 Å². The third-order valence-electron chi connectivity index (χ3n) is 5.94. The zero-order valence-electron chi connectivity index (χ0n) is 19.9. The van der Waals surface area contributed by atoms with Gasteiger partial charge in [0.15, 0.2) is 0 Å². The highest BCUT2D eigenvalue weighted by atomic mass is 16.1. The largest absolute Gasteiger partial charge is 0.326 e. The molecular formula is C26H38N4O. The highest BCUT2D eigenvalue weighted by Gasteiger charge is 2.32. The number of nitrogens with one attached hydrogen (secondary N) is 1. The molecule has 1 aliphatic rings. The van der Waals surface area contributed by atoms with E-state index in [9.17, 15) is 4.79 Å². The van der Waals surface area contributed by atoms with Crippen LogP contribution < -0.4 is 5.32 Å². The first kappa shape index (κ1) is 23.2. The molecule has 0 saturated heterocycles. The van der Waals surface area contributed by atoms with Crippen molar-refractivity contribution in [2.24, 2.45) is 5.41 Å². The fourth-order valence-electron chi connectivity index (χ4n) is 4.15. The molecule has 5 heteroatoms. The highest BCUT2D eigenvalue weighted by Crippen LogP contribution is 2.39. The van der Waals surface area contributed by atoms with E-state index in [1.807, 2.05) is 25.1 Å². The van der Waals surface area contributed by atoms with Crippen LogP contribution in [-0.4, -0.2) is 20.7 Å². The minimum absolute atomic E-state index is 0.00674. The maximum absolute atomic E-state index is 12.9. The normalized spacial score (nSPS) is 15.0. The van der Waals surface area contributed by atoms with Crippen molar-refractivity contribution in [1.82, 2.24) is 14.8 Å². The Hall–Kier alpha value is -2.43. The quantitative estimate of drug-likeness (QED) is 0.458. The molecule has 1 aromatic carbocycles. The second kappa shape index (κ2) is 9.80. The SMILES string of the molecule is C=CCC(CC(=O)Nc1ccc(C)cc1C)c1nnc(CCCC(C)(C)C)n1C1CC1. The Balaban J connectivity index is 1.74. The van der Waals surface area contributed by atoms with Crippen molar-refractivity contribution in [3.8, 4) is 0 Å². The van der Waals surface area contributed by atoms with E-state index in [-0.39, 0.29) is 11.8 Å². The van der Waals surface area contributed by atoms with Crippen molar-refractivity contribution < 1.29 is 4.79 Å². The Morgan fingerprint density at radius 2 is 2.03 bits per heavy atom. The molecule has 1 aromatic heterocycles. The average Bonchev–Trinajstić information content (AvgIpc) is 3.42. The monoisotopic (exact) mass is 422 g/mol. The zero-order chi connectivity index (χ0) is 22.6. The van der Waals surface area contributed by atoms with Gasteiger partial charge in [0.05, 0.1) is 0 Å². The van der Waals surface area contributed by atoms with Gasteiger partial charge in [-0.1, -0.05) is 44.5 Å². The van der Waals surface area contributed by atoms with Crippen LogP contribution >= 0.6 is 0 Å². The average molecular weight is 423 g/mol. The predicted octanol–water partition coefficient (Wildman–Crippen LogP) is 6.29. The summed E-state index contributed by atoms with van der Waals surface area (Å²) in [5, 5.41) is 12.2. The van der Waals surface area contributed by atoms with E-state index in [0.29, 0.717) is 24.3 Å². The van der Waals surface area contributed by atoms with Gasteiger partial charge in [-0.3, -0.25) is 4.79 Å².